The fraction of sp³-hybridized carbons (Fsp3) is 0.333. The normalized spacial score (nSPS) is 11.9. The van der Waals surface area contributed by atoms with E-state index in [1.807, 2.05) is 44.2 Å². The maximum Gasteiger partial charge on any atom is 0.333 e. The molecule has 1 atom stereocenters. The second-order valence-corrected chi connectivity index (χ2v) is 4.54. The third-order valence-electron chi connectivity index (χ3n) is 3.08. The number of rotatable bonds is 5. The van der Waals surface area contributed by atoms with Crippen LogP contribution >= 0.6 is 0 Å². The van der Waals surface area contributed by atoms with Crippen LogP contribution in [0.4, 0.5) is 5.69 Å². The molecule has 0 saturated heterocycles. The molecule has 0 saturated carbocycles. The fourth-order valence-electron chi connectivity index (χ4n) is 2.16. The molecule has 2 aromatic rings. The van der Waals surface area contributed by atoms with Gasteiger partial charge in [-0.15, -0.1) is 0 Å². The fourth-order valence-corrected chi connectivity index (χ4v) is 2.16. The Balaban J connectivity index is 2.33. The van der Waals surface area contributed by atoms with Crippen molar-refractivity contribution in [3.63, 3.8) is 0 Å². The van der Waals surface area contributed by atoms with E-state index in [0.717, 1.165) is 22.6 Å². The van der Waals surface area contributed by atoms with Crippen LogP contribution in [-0.2, 0) is 9.53 Å². The van der Waals surface area contributed by atoms with Crippen molar-refractivity contribution in [3.8, 4) is 0 Å². The first-order chi connectivity index (χ1) is 9.63. The maximum atomic E-state index is 12.2. The first kappa shape index (κ1) is 14.1. The van der Waals surface area contributed by atoms with Crippen LogP contribution in [-0.4, -0.2) is 22.8 Å². The number of nitrogens with one attached hydrogen (secondary N) is 2. The van der Waals surface area contributed by atoms with Gasteiger partial charge in [-0.05, 0) is 32.9 Å². The molecule has 2 N–H and O–H groups in total. The van der Waals surface area contributed by atoms with Crippen molar-refractivity contribution in [3.05, 3.63) is 47.3 Å². The molecule has 0 radical (unpaired) electrons. The van der Waals surface area contributed by atoms with Crippen LogP contribution in [0.1, 0.15) is 29.9 Å². The molecule has 20 heavy (non-hydrogen) atoms. The largest absolute Gasteiger partial charge is 0.464 e. The van der Waals surface area contributed by atoms with Crippen molar-refractivity contribution in [1.29, 1.82) is 0 Å². The standard InChI is InChI=1S/C15H19N3O2/c1-4-20-15(19)14(13-10(2)17-18-11(13)3)16-12-8-6-5-7-9-12/h5-9,14,16H,4H2,1-3H3,(H,17,18). The van der Waals surface area contributed by atoms with Gasteiger partial charge in [-0.1, -0.05) is 18.2 Å². The Morgan fingerprint density at radius 2 is 2.05 bits per heavy atom. The van der Waals surface area contributed by atoms with E-state index in [-0.39, 0.29) is 5.97 Å². The summed E-state index contributed by atoms with van der Waals surface area (Å²) in [7, 11) is 0. The smallest absolute Gasteiger partial charge is 0.333 e. The summed E-state index contributed by atoms with van der Waals surface area (Å²) in [5, 5.41) is 10.3. The lowest BCUT2D eigenvalue weighted by Gasteiger charge is -2.19. The minimum Gasteiger partial charge on any atom is -0.464 e. The van der Waals surface area contributed by atoms with Crippen molar-refractivity contribution in [2.24, 2.45) is 0 Å². The molecule has 0 spiro atoms. The van der Waals surface area contributed by atoms with Gasteiger partial charge in [0.15, 0.2) is 6.04 Å². The van der Waals surface area contributed by atoms with Crippen molar-refractivity contribution >= 4 is 11.7 Å². The lowest BCUT2D eigenvalue weighted by atomic mass is 10.0. The molecule has 5 heteroatoms. The predicted molar refractivity (Wildman–Crippen MR) is 77.5 cm³/mol. The Kier molecular flexibility index (Phi) is 4.40. The molecule has 5 nitrogen and oxygen atoms in total. The second kappa shape index (κ2) is 6.23. The highest BCUT2D eigenvalue weighted by Gasteiger charge is 2.27. The Hall–Kier alpha value is -2.30. The maximum absolute atomic E-state index is 12.2. The summed E-state index contributed by atoms with van der Waals surface area (Å²) < 4.78 is 5.17. The molecule has 1 aromatic heterocycles. The van der Waals surface area contributed by atoms with Gasteiger partial charge in [0.1, 0.15) is 0 Å². The highest BCUT2D eigenvalue weighted by Crippen LogP contribution is 2.25. The molecule has 0 fully saturated rings. The van der Waals surface area contributed by atoms with Crippen LogP contribution in [0.15, 0.2) is 30.3 Å². The van der Waals surface area contributed by atoms with E-state index in [4.69, 9.17) is 4.74 Å². The Labute approximate surface area is 118 Å². The summed E-state index contributed by atoms with van der Waals surface area (Å²) in [5.74, 6) is -0.302. The van der Waals surface area contributed by atoms with Crippen molar-refractivity contribution < 1.29 is 9.53 Å². The van der Waals surface area contributed by atoms with E-state index >= 15 is 0 Å². The van der Waals surface area contributed by atoms with Gasteiger partial charge in [0.2, 0.25) is 0 Å². The van der Waals surface area contributed by atoms with Gasteiger partial charge in [-0.3, -0.25) is 5.10 Å². The van der Waals surface area contributed by atoms with Crippen LogP contribution in [0, 0.1) is 13.8 Å². The SMILES string of the molecule is CCOC(=O)C(Nc1ccccc1)c1c(C)n[nH]c1C. The first-order valence-corrected chi connectivity index (χ1v) is 6.63. The number of para-hydroxylation sites is 1. The van der Waals surface area contributed by atoms with Crippen molar-refractivity contribution in [2.45, 2.75) is 26.8 Å². The van der Waals surface area contributed by atoms with Crippen LogP contribution in [0.5, 0.6) is 0 Å². The van der Waals surface area contributed by atoms with Gasteiger partial charge in [-0.2, -0.15) is 5.10 Å². The van der Waals surface area contributed by atoms with Crippen molar-refractivity contribution in [1.82, 2.24) is 10.2 Å². The average Bonchev–Trinajstić information content (AvgIpc) is 2.77. The van der Waals surface area contributed by atoms with E-state index in [1.54, 1.807) is 6.92 Å². The van der Waals surface area contributed by atoms with Gasteiger partial charge in [0.05, 0.1) is 12.3 Å². The number of anilines is 1. The topological polar surface area (TPSA) is 67.0 Å². The minimum absolute atomic E-state index is 0.302. The van der Waals surface area contributed by atoms with Crippen molar-refractivity contribution in [2.75, 3.05) is 11.9 Å². The molecular formula is C15H19N3O2. The Morgan fingerprint density at radius 1 is 1.35 bits per heavy atom. The average molecular weight is 273 g/mol. The number of aromatic nitrogens is 2. The number of esters is 1. The third-order valence-corrected chi connectivity index (χ3v) is 3.08. The summed E-state index contributed by atoms with van der Waals surface area (Å²) in [6.07, 6.45) is 0. The van der Waals surface area contributed by atoms with Gasteiger partial charge in [0, 0.05) is 16.9 Å². The molecule has 0 bridgehead atoms. The molecular weight excluding hydrogens is 254 g/mol. The van der Waals surface area contributed by atoms with Gasteiger partial charge >= 0.3 is 5.97 Å². The molecule has 0 aliphatic carbocycles. The number of benzene rings is 1. The lowest BCUT2D eigenvalue weighted by Crippen LogP contribution is -2.24. The van der Waals surface area contributed by atoms with E-state index in [2.05, 4.69) is 15.5 Å². The van der Waals surface area contributed by atoms with E-state index < -0.39 is 6.04 Å². The van der Waals surface area contributed by atoms with E-state index in [1.165, 1.54) is 0 Å². The zero-order valence-corrected chi connectivity index (χ0v) is 11.9. The third kappa shape index (κ3) is 2.99. The number of H-pyrrole nitrogens is 1. The summed E-state index contributed by atoms with van der Waals surface area (Å²) in [4.78, 5) is 12.2. The number of hydrogen-bond donors (Lipinski definition) is 2. The molecule has 0 amide bonds. The number of nitrogens with zero attached hydrogens (tertiary/aromatic N) is 1. The number of aromatic amines is 1. The molecule has 1 unspecified atom stereocenters. The number of carbonyl (C=O) groups excluding carboxylic acids is 1. The Bertz CT molecular complexity index is 559. The molecule has 106 valence electrons. The highest BCUT2D eigenvalue weighted by molar-refractivity contribution is 5.81. The number of aryl methyl sites for hydroxylation is 2. The van der Waals surface area contributed by atoms with E-state index in [9.17, 15) is 4.79 Å². The Morgan fingerprint density at radius 3 is 2.60 bits per heavy atom. The van der Waals surface area contributed by atoms with Crippen LogP contribution in [0.25, 0.3) is 0 Å². The molecule has 0 aliphatic heterocycles. The summed E-state index contributed by atoms with van der Waals surface area (Å²) in [6, 6.07) is 9.03. The zero-order valence-electron chi connectivity index (χ0n) is 11.9. The predicted octanol–water partition coefficient (Wildman–Crippen LogP) is 2.74. The van der Waals surface area contributed by atoms with Gasteiger partial charge in [-0.25, -0.2) is 4.79 Å². The monoisotopic (exact) mass is 273 g/mol. The molecule has 1 aromatic carbocycles. The number of ether oxygens (including phenoxy) is 1. The van der Waals surface area contributed by atoms with E-state index in [0.29, 0.717) is 6.61 Å². The molecule has 2 rings (SSSR count). The molecule has 1 heterocycles. The number of carbonyl (C=O) groups is 1. The first-order valence-electron chi connectivity index (χ1n) is 6.63. The second-order valence-electron chi connectivity index (χ2n) is 4.54. The summed E-state index contributed by atoms with van der Waals surface area (Å²) in [6.45, 7) is 5.92. The zero-order chi connectivity index (χ0) is 14.5. The van der Waals surface area contributed by atoms with Crippen LogP contribution in [0.3, 0.4) is 0 Å². The lowest BCUT2D eigenvalue weighted by molar-refractivity contribution is -0.144. The highest BCUT2D eigenvalue weighted by atomic mass is 16.5. The van der Waals surface area contributed by atoms with Crippen LogP contribution in [0.2, 0.25) is 0 Å². The van der Waals surface area contributed by atoms with Crippen LogP contribution < -0.4 is 5.32 Å². The van der Waals surface area contributed by atoms with Gasteiger partial charge in [0.25, 0.3) is 0 Å². The molecule has 0 aliphatic rings. The minimum atomic E-state index is -0.559. The summed E-state index contributed by atoms with van der Waals surface area (Å²) >= 11 is 0. The van der Waals surface area contributed by atoms with Gasteiger partial charge < -0.3 is 10.1 Å². The summed E-state index contributed by atoms with van der Waals surface area (Å²) in [5.41, 5.74) is 3.37. The quantitative estimate of drug-likeness (QED) is 0.822. The number of hydrogen-bond acceptors (Lipinski definition) is 4.